The lowest BCUT2D eigenvalue weighted by atomic mass is 9.82. The number of hydrogen-bond donors (Lipinski definition) is 0. The molecule has 12 aromatic rings. The van der Waals surface area contributed by atoms with Gasteiger partial charge in [-0.2, -0.15) is 0 Å². The van der Waals surface area contributed by atoms with Crippen molar-refractivity contribution in [2.24, 2.45) is 0 Å². The van der Waals surface area contributed by atoms with Gasteiger partial charge >= 0.3 is 0 Å². The van der Waals surface area contributed by atoms with E-state index < -0.39 is 0 Å². The van der Waals surface area contributed by atoms with Gasteiger partial charge < -0.3 is 13.7 Å². The van der Waals surface area contributed by atoms with E-state index in [1.54, 1.807) is 0 Å². The third kappa shape index (κ3) is 5.00. The van der Waals surface area contributed by atoms with Crippen molar-refractivity contribution in [1.82, 2.24) is 0 Å². The summed E-state index contributed by atoms with van der Waals surface area (Å²) in [7, 11) is 0. The van der Waals surface area contributed by atoms with Gasteiger partial charge in [0, 0.05) is 54.7 Å². The predicted molar refractivity (Wildman–Crippen MR) is 259 cm³/mol. The Morgan fingerprint density at radius 3 is 1.48 bits per heavy atom. The van der Waals surface area contributed by atoms with Crippen LogP contribution in [0.25, 0.3) is 98.8 Å². The molecule has 0 radical (unpaired) electrons. The minimum atomic E-state index is -0.0637. The first-order chi connectivity index (χ1) is 30.5. The second-order valence-corrected chi connectivity index (χ2v) is 17.2. The molecule has 0 saturated carbocycles. The highest BCUT2D eigenvalue weighted by Gasteiger charge is 2.36. The monoisotopic (exact) mass is 793 g/mol. The van der Waals surface area contributed by atoms with Gasteiger partial charge in [-0.3, -0.25) is 0 Å². The third-order valence-electron chi connectivity index (χ3n) is 13.5. The van der Waals surface area contributed by atoms with E-state index in [1.165, 1.54) is 38.8 Å². The van der Waals surface area contributed by atoms with Gasteiger partial charge in [0.1, 0.15) is 16.7 Å². The van der Waals surface area contributed by atoms with Crippen LogP contribution in [0.3, 0.4) is 0 Å². The summed E-state index contributed by atoms with van der Waals surface area (Å²) >= 11 is 0. The van der Waals surface area contributed by atoms with Gasteiger partial charge in [0.2, 0.25) is 0 Å². The Morgan fingerprint density at radius 1 is 0.339 bits per heavy atom. The van der Waals surface area contributed by atoms with E-state index in [9.17, 15) is 0 Å². The molecule has 3 heteroatoms. The SMILES string of the molecule is CC1(C)c2ccccc2-c2c(-c3ccc(N(c4ccc(-c5cccc6c5oc5c7ccccc7ccc65)cc4)c4cccc5c4oc4c6ccccc6ccc54)cc3)cccc21. The molecule has 0 bridgehead atoms. The zero-order chi connectivity index (χ0) is 41.1. The van der Waals surface area contributed by atoms with Crippen LogP contribution in [-0.4, -0.2) is 0 Å². The number of rotatable bonds is 5. The fourth-order valence-corrected chi connectivity index (χ4v) is 10.4. The molecule has 0 amide bonds. The van der Waals surface area contributed by atoms with Crippen LogP contribution in [0.2, 0.25) is 0 Å². The summed E-state index contributed by atoms with van der Waals surface area (Å²) in [5.41, 5.74) is 16.6. The van der Waals surface area contributed by atoms with Crippen LogP contribution < -0.4 is 4.90 Å². The van der Waals surface area contributed by atoms with Crippen LogP contribution >= 0.6 is 0 Å². The van der Waals surface area contributed by atoms with E-state index in [0.717, 1.165) is 88.2 Å². The fraction of sp³-hybridized carbons (Fsp3) is 0.0508. The van der Waals surface area contributed by atoms with Crippen molar-refractivity contribution in [1.29, 1.82) is 0 Å². The highest BCUT2D eigenvalue weighted by atomic mass is 16.3. The first-order valence-electron chi connectivity index (χ1n) is 21.4. The van der Waals surface area contributed by atoms with Crippen LogP contribution in [0, 0.1) is 0 Å². The van der Waals surface area contributed by atoms with Gasteiger partial charge in [-0.05, 0) is 92.2 Å². The number of hydrogen-bond acceptors (Lipinski definition) is 3. The van der Waals surface area contributed by atoms with Gasteiger partial charge in [-0.1, -0.05) is 172 Å². The summed E-state index contributed by atoms with van der Waals surface area (Å²) in [5, 5.41) is 9.02. The molecule has 1 aliphatic carbocycles. The second kappa shape index (κ2) is 13.1. The molecule has 3 nitrogen and oxygen atoms in total. The molecule has 0 N–H and O–H groups in total. The standard InChI is InChI=1S/C59H39NO2/c1-59(2)51-21-8-7-16-50(51)54-42(17-10-22-52(54)59)38-24-30-40(31-25-38)60(53-23-11-20-47-49-35-29-37-13-4-6-15-44(37)57(49)62-58(47)53)41-32-26-39(27-33-41)45-18-9-19-46-48-34-28-36-12-3-5-14-43(36)56(48)61-55(45)46/h3-35H,1-2H3. The highest BCUT2D eigenvalue weighted by molar-refractivity contribution is 6.19. The van der Waals surface area contributed by atoms with Crippen molar-refractivity contribution >= 4 is 82.5 Å². The van der Waals surface area contributed by atoms with Crippen LogP contribution in [0.15, 0.2) is 209 Å². The Labute approximate surface area is 358 Å². The van der Waals surface area contributed by atoms with Gasteiger partial charge in [-0.15, -0.1) is 0 Å². The summed E-state index contributed by atoms with van der Waals surface area (Å²) < 4.78 is 13.7. The molecular weight excluding hydrogens is 755 g/mol. The van der Waals surface area contributed by atoms with Crippen LogP contribution in [0.4, 0.5) is 17.1 Å². The predicted octanol–water partition coefficient (Wildman–Crippen LogP) is 16.9. The molecule has 0 saturated heterocycles. The first kappa shape index (κ1) is 34.9. The summed E-state index contributed by atoms with van der Waals surface area (Å²) in [5.74, 6) is 0. The summed E-state index contributed by atoms with van der Waals surface area (Å²) in [6.45, 7) is 4.68. The maximum atomic E-state index is 6.96. The molecule has 2 aromatic heterocycles. The average Bonchev–Trinajstić information content (AvgIpc) is 3.98. The van der Waals surface area contributed by atoms with Crippen molar-refractivity contribution in [3.8, 4) is 33.4 Å². The van der Waals surface area contributed by atoms with Gasteiger partial charge in [0.25, 0.3) is 0 Å². The van der Waals surface area contributed by atoms with E-state index in [4.69, 9.17) is 8.83 Å². The van der Waals surface area contributed by atoms with Crippen LogP contribution in [0.1, 0.15) is 25.0 Å². The van der Waals surface area contributed by atoms with E-state index >= 15 is 0 Å². The van der Waals surface area contributed by atoms with Gasteiger partial charge in [-0.25, -0.2) is 0 Å². The Kier molecular flexibility index (Phi) is 7.36. The minimum Gasteiger partial charge on any atom is -0.455 e. The molecule has 0 fully saturated rings. The summed E-state index contributed by atoms with van der Waals surface area (Å²) in [6.07, 6.45) is 0. The molecule has 0 spiro atoms. The molecule has 292 valence electrons. The quantitative estimate of drug-likeness (QED) is 0.174. The Morgan fingerprint density at radius 2 is 0.806 bits per heavy atom. The molecular formula is C59H39NO2. The fourth-order valence-electron chi connectivity index (χ4n) is 10.4. The Bertz CT molecular complexity index is 3770. The maximum Gasteiger partial charge on any atom is 0.159 e. The van der Waals surface area contributed by atoms with E-state index in [-0.39, 0.29) is 5.41 Å². The largest absolute Gasteiger partial charge is 0.455 e. The van der Waals surface area contributed by atoms with Crippen molar-refractivity contribution in [2.75, 3.05) is 4.90 Å². The number of fused-ring (bicyclic) bond motifs is 13. The van der Waals surface area contributed by atoms with E-state index in [1.807, 2.05) is 0 Å². The third-order valence-corrected chi connectivity index (χ3v) is 13.5. The highest BCUT2D eigenvalue weighted by Crippen LogP contribution is 2.52. The van der Waals surface area contributed by atoms with E-state index in [0.29, 0.717) is 0 Å². The first-order valence-corrected chi connectivity index (χ1v) is 21.4. The van der Waals surface area contributed by atoms with Gasteiger partial charge in [0.05, 0.1) is 5.69 Å². The smallest absolute Gasteiger partial charge is 0.159 e. The minimum absolute atomic E-state index is 0.0637. The number of anilines is 3. The second-order valence-electron chi connectivity index (χ2n) is 17.2. The molecule has 2 heterocycles. The van der Waals surface area contributed by atoms with Crippen LogP contribution in [-0.2, 0) is 5.41 Å². The lowest BCUT2D eigenvalue weighted by Crippen LogP contribution is -2.14. The lowest BCUT2D eigenvalue weighted by molar-refractivity contribution is 0.660. The van der Waals surface area contributed by atoms with Crippen molar-refractivity contribution in [3.63, 3.8) is 0 Å². The number of furan rings is 2. The molecule has 13 rings (SSSR count). The normalized spacial score (nSPS) is 13.1. The lowest BCUT2D eigenvalue weighted by Gasteiger charge is -2.26. The Hall–Kier alpha value is -7.88. The van der Waals surface area contributed by atoms with Crippen molar-refractivity contribution in [2.45, 2.75) is 19.3 Å². The number of benzene rings is 10. The Balaban J connectivity index is 0.972. The number of para-hydroxylation sites is 2. The molecule has 10 aromatic carbocycles. The number of nitrogens with zero attached hydrogens (tertiary/aromatic N) is 1. The molecule has 62 heavy (non-hydrogen) atoms. The van der Waals surface area contributed by atoms with Crippen LogP contribution in [0.5, 0.6) is 0 Å². The van der Waals surface area contributed by atoms with Crippen molar-refractivity contribution in [3.05, 3.63) is 211 Å². The van der Waals surface area contributed by atoms with Crippen molar-refractivity contribution < 1.29 is 8.83 Å². The summed E-state index contributed by atoms with van der Waals surface area (Å²) in [6, 6.07) is 72.2. The zero-order valence-corrected chi connectivity index (χ0v) is 34.3. The van der Waals surface area contributed by atoms with Gasteiger partial charge in [0.15, 0.2) is 5.58 Å². The maximum absolute atomic E-state index is 6.96. The molecule has 0 aliphatic heterocycles. The van der Waals surface area contributed by atoms with E-state index in [2.05, 4.69) is 219 Å². The summed E-state index contributed by atoms with van der Waals surface area (Å²) in [4.78, 5) is 2.34. The molecule has 1 aliphatic rings. The topological polar surface area (TPSA) is 29.5 Å². The molecule has 0 atom stereocenters. The molecule has 0 unspecified atom stereocenters. The average molecular weight is 794 g/mol. The zero-order valence-electron chi connectivity index (χ0n) is 34.3.